The summed E-state index contributed by atoms with van der Waals surface area (Å²) in [6.45, 7) is 1.87. The van der Waals surface area contributed by atoms with Crippen LogP contribution < -0.4 is 5.32 Å². The Labute approximate surface area is 108 Å². The van der Waals surface area contributed by atoms with Gasteiger partial charge in [-0.25, -0.2) is 0 Å². The zero-order chi connectivity index (χ0) is 11.8. The predicted octanol–water partition coefficient (Wildman–Crippen LogP) is 1.40. The molecule has 0 aromatic carbocycles. The summed E-state index contributed by atoms with van der Waals surface area (Å²) in [5.41, 5.74) is 0. The van der Waals surface area contributed by atoms with Gasteiger partial charge in [-0.15, -0.1) is 0 Å². The van der Waals surface area contributed by atoms with Gasteiger partial charge >= 0.3 is 0 Å². The number of fused-ring (bicyclic) bond motifs is 1. The number of nitrogens with one attached hydrogen (secondary N) is 1. The normalized spacial score (nSPS) is 28.2. The Morgan fingerprint density at radius 3 is 3.24 bits per heavy atom. The predicted molar refractivity (Wildman–Crippen MR) is 64.7 cm³/mol. The van der Waals surface area contributed by atoms with Gasteiger partial charge < -0.3 is 14.7 Å². The number of carbonyl (C=O) groups is 1. The van der Waals surface area contributed by atoms with Crippen molar-refractivity contribution in [3.05, 3.63) is 16.4 Å². The first-order chi connectivity index (χ1) is 8.25. The van der Waals surface area contributed by atoms with E-state index in [1.807, 2.05) is 4.90 Å². The molecule has 0 saturated carbocycles. The van der Waals surface area contributed by atoms with Crippen molar-refractivity contribution in [2.24, 2.45) is 0 Å². The van der Waals surface area contributed by atoms with Gasteiger partial charge in [0.05, 0.1) is 0 Å². The molecule has 2 aliphatic rings. The van der Waals surface area contributed by atoms with Crippen molar-refractivity contribution < 1.29 is 9.32 Å². The molecule has 2 saturated heterocycles. The number of likely N-dealkylation sites (tertiary alicyclic amines) is 1. The van der Waals surface area contributed by atoms with Crippen LogP contribution >= 0.6 is 15.9 Å². The van der Waals surface area contributed by atoms with Crippen LogP contribution in [0.3, 0.4) is 0 Å². The van der Waals surface area contributed by atoms with Crippen molar-refractivity contribution in [2.75, 3.05) is 13.1 Å². The second-order valence-electron chi connectivity index (χ2n) is 4.57. The van der Waals surface area contributed by atoms with Gasteiger partial charge in [0.2, 0.25) is 5.76 Å². The molecule has 1 aromatic rings. The van der Waals surface area contributed by atoms with Crippen LogP contribution in [0.5, 0.6) is 0 Å². The minimum Gasteiger partial charge on any atom is -0.350 e. The molecule has 2 fully saturated rings. The van der Waals surface area contributed by atoms with E-state index < -0.39 is 0 Å². The third kappa shape index (κ3) is 1.99. The highest BCUT2D eigenvalue weighted by molar-refractivity contribution is 9.10. The second kappa shape index (κ2) is 4.42. The standard InChI is InChI=1S/C11H14BrN3O2/c12-10-6-9(17-14-10)11(16)15-5-3-7-8(15)2-1-4-13-7/h6-8,13H,1-5H2. The third-order valence-corrected chi connectivity index (χ3v) is 3.96. The molecule has 0 aliphatic carbocycles. The van der Waals surface area contributed by atoms with E-state index in [2.05, 4.69) is 26.4 Å². The summed E-state index contributed by atoms with van der Waals surface area (Å²) < 4.78 is 5.58. The molecule has 1 N–H and O–H groups in total. The van der Waals surface area contributed by atoms with E-state index in [0.717, 1.165) is 32.4 Å². The van der Waals surface area contributed by atoms with Crippen LogP contribution in [0, 0.1) is 0 Å². The van der Waals surface area contributed by atoms with Gasteiger partial charge in [-0.3, -0.25) is 4.79 Å². The Hall–Kier alpha value is -0.880. The van der Waals surface area contributed by atoms with Crippen molar-refractivity contribution in [3.8, 4) is 0 Å². The summed E-state index contributed by atoms with van der Waals surface area (Å²) in [7, 11) is 0. The molecular weight excluding hydrogens is 286 g/mol. The minimum atomic E-state index is -0.0422. The lowest BCUT2D eigenvalue weighted by atomic mass is 9.99. The van der Waals surface area contributed by atoms with Gasteiger partial charge in [-0.05, 0) is 41.7 Å². The number of hydrogen-bond acceptors (Lipinski definition) is 4. The summed E-state index contributed by atoms with van der Waals surface area (Å²) in [5.74, 6) is 0.280. The largest absolute Gasteiger partial charge is 0.350 e. The molecular formula is C11H14BrN3O2. The minimum absolute atomic E-state index is 0.0422. The van der Waals surface area contributed by atoms with Crippen LogP contribution in [-0.2, 0) is 0 Å². The van der Waals surface area contributed by atoms with Crippen LogP contribution in [0.1, 0.15) is 29.8 Å². The van der Waals surface area contributed by atoms with Gasteiger partial charge in [-0.1, -0.05) is 5.16 Å². The molecule has 3 heterocycles. The molecule has 17 heavy (non-hydrogen) atoms. The average molecular weight is 300 g/mol. The van der Waals surface area contributed by atoms with E-state index in [9.17, 15) is 4.79 Å². The molecule has 1 aromatic heterocycles. The number of amides is 1. The van der Waals surface area contributed by atoms with Crippen LogP contribution in [-0.4, -0.2) is 41.1 Å². The number of halogens is 1. The van der Waals surface area contributed by atoms with E-state index in [1.165, 1.54) is 0 Å². The average Bonchev–Trinajstić information content (AvgIpc) is 2.94. The fourth-order valence-corrected chi connectivity index (χ4v) is 3.08. The Morgan fingerprint density at radius 1 is 1.59 bits per heavy atom. The van der Waals surface area contributed by atoms with E-state index in [4.69, 9.17) is 4.52 Å². The molecule has 2 aliphatic heterocycles. The fraction of sp³-hybridized carbons (Fsp3) is 0.636. The lowest BCUT2D eigenvalue weighted by Gasteiger charge is -2.31. The molecule has 0 bridgehead atoms. The smallest absolute Gasteiger partial charge is 0.292 e. The van der Waals surface area contributed by atoms with E-state index >= 15 is 0 Å². The number of carbonyl (C=O) groups excluding carboxylic acids is 1. The summed E-state index contributed by atoms with van der Waals surface area (Å²) >= 11 is 3.19. The fourth-order valence-electron chi connectivity index (χ4n) is 2.80. The molecule has 2 atom stereocenters. The molecule has 2 unspecified atom stereocenters. The van der Waals surface area contributed by atoms with Crippen LogP contribution in [0.15, 0.2) is 15.2 Å². The van der Waals surface area contributed by atoms with Gasteiger partial charge in [0.25, 0.3) is 5.91 Å². The van der Waals surface area contributed by atoms with Crippen molar-refractivity contribution in [3.63, 3.8) is 0 Å². The summed E-state index contributed by atoms with van der Waals surface area (Å²) in [4.78, 5) is 14.2. The lowest BCUT2D eigenvalue weighted by Crippen LogP contribution is -2.48. The number of hydrogen-bond donors (Lipinski definition) is 1. The van der Waals surface area contributed by atoms with Crippen molar-refractivity contribution in [2.45, 2.75) is 31.3 Å². The maximum atomic E-state index is 12.3. The van der Waals surface area contributed by atoms with Gasteiger partial charge in [0.15, 0.2) is 0 Å². The molecule has 6 heteroatoms. The van der Waals surface area contributed by atoms with Gasteiger partial charge in [-0.2, -0.15) is 0 Å². The second-order valence-corrected chi connectivity index (χ2v) is 5.38. The summed E-state index contributed by atoms with van der Waals surface area (Å²) in [6.07, 6.45) is 3.25. The molecule has 3 rings (SSSR count). The quantitative estimate of drug-likeness (QED) is 0.852. The Kier molecular flexibility index (Phi) is 2.92. The zero-order valence-corrected chi connectivity index (χ0v) is 10.9. The van der Waals surface area contributed by atoms with E-state index in [-0.39, 0.29) is 5.91 Å². The Balaban J connectivity index is 1.78. The number of piperidine rings is 1. The first-order valence-corrected chi connectivity index (χ1v) is 6.71. The SMILES string of the molecule is O=C(c1cc(Br)no1)N1CCC2NCCCC21. The first-order valence-electron chi connectivity index (χ1n) is 5.92. The first kappa shape index (κ1) is 11.2. The molecule has 0 radical (unpaired) electrons. The number of aromatic nitrogens is 1. The molecule has 5 nitrogen and oxygen atoms in total. The highest BCUT2D eigenvalue weighted by Gasteiger charge is 2.39. The van der Waals surface area contributed by atoms with Crippen LogP contribution in [0.25, 0.3) is 0 Å². The van der Waals surface area contributed by atoms with Crippen molar-refractivity contribution >= 4 is 21.8 Å². The van der Waals surface area contributed by atoms with Crippen LogP contribution in [0.4, 0.5) is 0 Å². The number of nitrogens with zero attached hydrogens (tertiary/aromatic N) is 2. The molecule has 1 amide bonds. The zero-order valence-electron chi connectivity index (χ0n) is 9.36. The lowest BCUT2D eigenvalue weighted by molar-refractivity contribution is 0.0663. The Morgan fingerprint density at radius 2 is 2.47 bits per heavy atom. The van der Waals surface area contributed by atoms with Crippen LogP contribution in [0.2, 0.25) is 0 Å². The number of rotatable bonds is 1. The highest BCUT2D eigenvalue weighted by atomic mass is 79.9. The third-order valence-electron chi connectivity index (χ3n) is 3.58. The van der Waals surface area contributed by atoms with Crippen molar-refractivity contribution in [1.82, 2.24) is 15.4 Å². The molecule has 92 valence electrons. The molecule has 0 spiro atoms. The van der Waals surface area contributed by atoms with Gasteiger partial charge in [0.1, 0.15) is 4.60 Å². The highest BCUT2D eigenvalue weighted by Crippen LogP contribution is 2.27. The summed E-state index contributed by atoms with van der Waals surface area (Å²) in [5, 5.41) is 7.16. The maximum Gasteiger partial charge on any atom is 0.292 e. The Bertz CT molecular complexity index is 434. The van der Waals surface area contributed by atoms with E-state index in [1.54, 1.807) is 6.07 Å². The maximum absolute atomic E-state index is 12.3. The van der Waals surface area contributed by atoms with Gasteiger partial charge in [0, 0.05) is 24.7 Å². The van der Waals surface area contributed by atoms with E-state index in [0.29, 0.717) is 22.4 Å². The van der Waals surface area contributed by atoms with Crippen molar-refractivity contribution in [1.29, 1.82) is 0 Å². The summed E-state index contributed by atoms with van der Waals surface area (Å²) in [6, 6.07) is 2.41. The monoisotopic (exact) mass is 299 g/mol. The topological polar surface area (TPSA) is 58.4 Å².